The van der Waals surface area contributed by atoms with Gasteiger partial charge in [-0.25, -0.2) is 0 Å². The number of nitrogens with one attached hydrogen (secondary N) is 1. The summed E-state index contributed by atoms with van der Waals surface area (Å²) in [6.45, 7) is 2.94. The van der Waals surface area contributed by atoms with Crippen LogP contribution in [0.5, 0.6) is 5.75 Å². The van der Waals surface area contributed by atoms with Crippen molar-refractivity contribution in [2.24, 2.45) is 0 Å². The minimum atomic E-state index is 0.874. The van der Waals surface area contributed by atoms with Crippen molar-refractivity contribution in [2.75, 3.05) is 12.4 Å². The number of benzene rings is 2. The van der Waals surface area contributed by atoms with E-state index in [1.807, 2.05) is 6.07 Å². The minimum Gasteiger partial charge on any atom is -0.496 e. The molecule has 0 radical (unpaired) electrons. The molecule has 3 rings (SSSR count). The summed E-state index contributed by atoms with van der Waals surface area (Å²) in [5, 5.41) is 3.49. The Hall–Kier alpha value is -1.96. The summed E-state index contributed by atoms with van der Waals surface area (Å²) in [6, 6.07) is 13.1. The molecule has 0 bridgehead atoms. The van der Waals surface area contributed by atoms with Gasteiger partial charge in [0.1, 0.15) is 5.75 Å². The highest BCUT2D eigenvalue weighted by atomic mass is 16.5. The van der Waals surface area contributed by atoms with Gasteiger partial charge in [0.2, 0.25) is 0 Å². The van der Waals surface area contributed by atoms with Gasteiger partial charge >= 0.3 is 0 Å². The Morgan fingerprint density at radius 3 is 2.70 bits per heavy atom. The second kappa shape index (κ2) is 5.58. The lowest BCUT2D eigenvalue weighted by atomic mass is 10.1. The van der Waals surface area contributed by atoms with Gasteiger partial charge in [-0.15, -0.1) is 0 Å². The van der Waals surface area contributed by atoms with Crippen LogP contribution in [0.4, 0.5) is 5.69 Å². The van der Waals surface area contributed by atoms with Crippen molar-refractivity contribution in [3.63, 3.8) is 0 Å². The maximum Gasteiger partial charge on any atom is 0.121 e. The molecule has 104 valence electrons. The number of hydrogen-bond donors (Lipinski definition) is 1. The number of methoxy groups -OCH3 is 1. The van der Waals surface area contributed by atoms with Gasteiger partial charge in [-0.05, 0) is 66.6 Å². The maximum absolute atomic E-state index is 5.29. The Bertz CT molecular complexity index is 619. The molecule has 0 saturated heterocycles. The molecule has 2 aromatic rings. The van der Waals surface area contributed by atoms with Crippen LogP contribution in [-0.4, -0.2) is 7.11 Å². The molecule has 2 aromatic carbocycles. The highest BCUT2D eigenvalue weighted by Gasteiger charge is 2.10. The molecule has 0 aromatic heterocycles. The van der Waals surface area contributed by atoms with Crippen molar-refractivity contribution in [2.45, 2.75) is 32.7 Å². The molecule has 0 unspecified atom stereocenters. The molecule has 0 aliphatic heterocycles. The van der Waals surface area contributed by atoms with Gasteiger partial charge in [0.05, 0.1) is 7.11 Å². The number of rotatable bonds is 4. The second-order valence-electron chi connectivity index (χ2n) is 5.49. The Morgan fingerprint density at radius 1 is 1.05 bits per heavy atom. The summed E-state index contributed by atoms with van der Waals surface area (Å²) < 4.78 is 5.29. The van der Waals surface area contributed by atoms with Gasteiger partial charge in [0, 0.05) is 12.2 Å². The molecule has 0 heterocycles. The Balaban J connectivity index is 1.69. The molecule has 0 saturated carbocycles. The lowest BCUT2D eigenvalue weighted by molar-refractivity contribution is 0.412. The van der Waals surface area contributed by atoms with Crippen molar-refractivity contribution in [1.82, 2.24) is 0 Å². The predicted octanol–water partition coefficient (Wildman–Crippen LogP) is 4.10. The van der Waals surface area contributed by atoms with Crippen LogP contribution in [0.1, 0.15) is 28.7 Å². The lowest BCUT2D eigenvalue weighted by Crippen LogP contribution is -2.01. The first-order valence-corrected chi connectivity index (χ1v) is 7.25. The summed E-state index contributed by atoms with van der Waals surface area (Å²) >= 11 is 0. The van der Waals surface area contributed by atoms with E-state index < -0.39 is 0 Å². The SMILES string of the molecule is COc1ccc(NCc2ccc3c(c2)CCC3)cc1C. The van der Waals surface area contributed by atoms with Crippen LogP contribution >= 0.6 is 0 Å². The fourth-order valence-electron chi connectivity index (χ4n) is 2.93. The van der Waals surface area contributed by atoms with Crippen molar-refractivity contribution in [1.29, 1.82) is 0 Å². The van der Waals surface area contributed by atoms with Gasteiger partial charge in [0.25, 0.3) is 0 Å². The van der Waals surface area contributed by atoms with Crippen LogP contribution in [0.2, 0.25) is 0 Å². The molecule has 1 N–H and O–H groups in total. The van der Waals surface area contributed by atoms with Crippen LogP contribution in [0.25, 0.3) is 0 Å². The summed E-state index contributed by atoms with van der Waals surface area (Å²) in [7, 11) is 1.71. The van der Waals surface area contributed by atoms with E-state index in [-0.39, 0.29) is 0 Å². The molecule has 0 fully saturated rings. The maximum atomic E-state index is 5.29. The molecule has 0 amide bonds. The van der Waals surface area contributed by atoms with Gasteiger partial charge < -0.3 is 10.1 Å². The highest BCUT2D eigenvalue weighted by Crippen LogP contribution is 2.24. The molecule has 0 atom stereocenters. The van der Waals surface area contributed by atoms with Gasteiger partial charge in [0.15, 0.2) is 0 Å². The third kappa shape index (κ3) is 2.64. The lowest BCUT2D eigenvalue weighted by Gasteiger charge is -2.11. The Kier molecular flexibility index (Phi) is 3.64. The second-order valence-corrected chi connectivity index (χ2v) is 5.49. The molecule has 2 nitrogen and oxygen atoms in total. The molecular weight excluding hydrogens is 246 g/mol. The van der Waals surface area contributed by atoms with E-state index in [4.69, 9.17) is 4.74 Å². The minimum absolute atomic E-state index is 0.874. The molecule has 1 aliphatic rings. The summed E-state index contributed by atoms with van der Waals surface area (Å²) in [5.74, 6) is 0.938. The van der Waals surface area contributed by atoms with E-state index in [2.05, 4.69) is 42.6 Å². The average molecular weight is 267 g/mol. The van der Waals surface area contributed by atoms with E-state index in [0.717, 1.165) is 23.5 Å². The smallest absolute Gasteiger partial charge is 0.121 e. The highest BCUT2D eigenvalue weighted by molar-refractivity contribution is 5.51. The van der Waals surface area contributed by atoms with Gasteiger partial charge in [-0.2, -0.15) is 0 Å². The van der Waals surface area contributed by atoms with Crippen molar-refractivity contribution >= 4 is 5.69 Å². The van der Waals surface area contributed by atoms with E-state index in [1.165, 1.54) is 36.0 Å². The van der Waals surface area contributed by atoms with Crippen LogP contribution in [0, 0.1) is 6.92 Å². The van der Waals surface area contributed by atoms with E-state index in [1.54, 1.807) is 7.11 Å². The van der Waals surface area contributed by atoms with E-state index in [9.17, 15) is 0 Å². The van der Waals surface area contributed by atoms with E-state index >= 15 is 0 Å². The first kappa shape index (κ1) is 13.0. The number of fused-ring (bicyclic) bond motifs is 1. The standard InChI is InChI=1S/C18H21NO/c1-13-10-17(8-9-18(13)20-2)19-12-14-6-7-15-4-3-5-16(15)11-14/h6-11,19H,3-5,12H2,1-2H3. The number of ether oxygens (including phenoxy) is 1. The van der Waals surface area contributed by atoms with Crippen molar-refractivity contribution in [3.8, 4) is 5.75 Å². The van der Waals surface area contributed by atoms with Crippen LogP contribution < -0.4 is 10.1 Å². The monoisotopic (exact) mass is 267 g/mol. The quantitative estimate of drug-likeness (QED) is 0.900. The Morgan fingerprint density at radius 2 is 1.90 bits per heavy atom. The fraction of sp³-hybridized carbons (Fsp3) is 0.333. The van der Waals surface area contributed by atoms with E-state index in [0.29, 0.717) is 0 Å². The topological polar surface area (TPSA) is 21.3 Å². The summed E-state index contributed by atoms with van der Waals surface area (Å²) in [5.41, 5.74) is 6.73. The molecule has 1 aliphatic carbocycles. The predicted molar refractivity (Wildman–Crippen MR) is 83.5 cm³/mol. The number of aryl methyl sites for hydroxylation is 3. The first-order chi connectivity index (χ1) is 9.76. The average Bonchev–Trinajstić information content (AvgIpc) is 2.92. The van der Waals surface area contributed by atoms with Gasteiger partial charge in [-0.3, -0.25) is 0 Å². The molecule has 20 heavy (non-hydrogen) atoms. The molecule has 2 heteroatoms. The van der Waals surface area contributed by atoms with Crippen LogP contribution in [0.15, 0.2) is 36.4 Å². The summed E-state index contributed by atoms with van der Waals surface area (Å²) in [4.78, 5) is 0. The zero-order chi connectivity index (χ0) is 13.9. The number of hydrogen-bond acceptors (Lipinski definition) is 2. The first-order valence-electron chi connectivity index (χ1n) is 7.25. The molecular formula is C18H21NO. The Labute approximate surface area is 120 Å². The van der Waals surface area contributed by atoms with Crippen LogP contribution in [-0.2, 0) is 19.4 Å². The summed E-state index contributed by atoms with van der Waals surface area (Å²) in [6.07, 6.45) is 3.80. The zero-order valence-electron chi connectivity index (χ0n) is 12.2. The third-order valence-electron chi connectivity index (χ3n) is 4.05. The number of anilines is 1. The largest absolute Gasteiger partial charge is 0.496 e. The van der Waals surface area contributed by atoms with Crippen LogP contribution in [0.3, 0.4) is 0 Å². The van der Waals surface area contributed by atoms with Gasteiger partial charge in [-0.1, -0.05) is 18.2 Å². The third-order valence-corrected chi connectivity index (χ3v) is 4.05. The fourth-order valence-corrected chi connectivity index (χ4v) is 2.93. The zero-order valence-corrected chi connectivity index (χ0v) is 12.2. The normalized spacial score (nSPS) is 13.1. The van der Waals surface area contributed by atoms with Crippen molar-refractivity contribution < 1.29 is 4.74 Å². The van der Waals surface area contributed by atoms with Crippen molar-refractivity contribution in [3.05, 3.63) is 58.7 Å². The molecule has 0 spiro atoms.